The van der Waals surface area contributed by atoms with E-state index < -0.39 is 0 Å². The third-order valence-corrected chi connectivity index (χ3v) is 3.35. The molecule has 100 valence electrons. The Kier molecular flexibility index (Phi) is 6.49. The number of thioether (sulfide) groups is 1. The predicted octanol–water partition coefficient (Wildman–Crippen LogP) is 3.70. The van der Waals surface area contributed by atoms with Gasteiger partial charge in [0.05, 0.1) is 11.0 Å². The minimum Gasteiger partial charge on any atom is -0.370 e. The molecule has 0 aliphatic carbocycles. The Morgan fingerprint density at radius 3 is 2.78 bits per heavy atom. The van der Waals surface area contributed by atoms with Gasteiger partial charge in [-0.3, -0.25) is 10.1 Å². The van der Waals surface area contributed by atoms with E-state index in [-0.39, 0.29) is 10.6 Å². The predicted molar refractivity (Wildman–Crippen MR) is 75.3 cm³/mol. The van der Waals surface area contributed by atoms with Crippen LogP contribution in [0.4, 0.5) is 11.5 Å². The van der Waals surface area contributed by atoms with E-state index >= 15 is 0 Å². The number of pyridine rings is 1. The van der Waals surface area contributed by atoms with Crippen molar-refractivity contribution in [2.24, 2.45) is 0 Å². The second-order valence-electron chi connectivity index (χ2n) is 3.89. The summed E-state index contributed by atoms with van der Waals surface area (Å²) in [6, 6.07) is 3.01. The van der Waals surface area contributed by atoms with Crippen LogP contribution in [0.2, 0.25) is 0 Å². The number of nitro groups is 1. The van der Waals surface area contributed by atoms with Gasteiger partial charge in [-0.2, -0.15) is 0 Å². The third-order valence-electron chi connectivity index (χ3n) is 2.35. The second kappa shape index (κ2) is 7.92. The van der Waals surface area contributed by atoms with Gasteiger partial charge in [-0.15, -0.1) is 11.8 Å². The van der Waals surface area contributed by atoms with Crippen molar-refractivity contribution in [3.63, 3.8) is 0 Å². The summed E-state index contributed by atoms with van der Waals surface area (Å²) in [6.45, 7) is 4.79. The molecule has 6 heteroatoms. The van der Waals surface area contributed by atoms with E-state index in [9.17, 15) is 10.1 Å². The van der Waals surface area contributed by atoms with Crippen LogP contribution in [0, 0.1) is 10.1 Å². The Balaban J connectivity index is 2.72. The fraction of sp³-hybridized carbons (Fsp3) is 0.583. The third kappa shape index (κ3) is 4.91. The van der Waals surface area contributed by atoms with Crippen LogP contribution in [-0.4, -0.2) is 22.2 Å². The Bertz CT molecular complexity index is 399. The minimum absolute atomic E-state index is 0.0962. The number of unbranched alkanes of at least 4 members (excludes halogenated alkanes) is 2. The topological polar surface area (TPSA) is 68.1 Å². The van der Waals surface area contributed by atoms with Crippen molar-refractivity contribution in [3.8, 4) is 0 Å². The van der Waals surface area contributed by atoms with Gasteiger partial charge in [-0.25, -0.2) is 4.98 Å². The molecule has 1 N–H and O–H groups in total. The first-order chi connectivity index (χ1) is 8.67. The van der Waals surface area contributed by atoms with E-state index in [4.69, 9.17) is 0 Å². The van der Waals surface area contributed by atoms with Gasteiger partial charge in [-0.1, -0.05) is 19.8 Å². The summed E-state index contributed by atoms with van der Waals surface area (Å²) < 4.78 is 0. The van der Waals surface area contributed by atoms with E-state index in [0.717, 1.165) is 17.2 Å². The smallest absolute Gasteiger partial charge is 0.275 e. The van der Waals surface area contributed by atoms with Gasteiger partial charge in [0, 0.05) is 12.6 Å². The zero-order chi connectivity index (χ0) is 13.4. The Labute approximate surface area is 112 Å². The number of anilines is 1. The van der Waals surface area contributed by atoms with E-state index in [0.29, 0.717) is 12.4 Å². The van der Waals surface area contributed by atoms with Crippen molar-refractivity contribution in [1.82, 2.24) is 4.98 Å². The summed E-state index contributed by atoms with van der Waals surface area (Å²) in [5, 5.41) is 14.6. The molecule has 1 rings (SSSR count). The number of nitrogens with zero attached hydrogens (tertiary/aromatic N) is 2. The number of aromatic nitrogens is 1. The van der Waals surface area contributed by atoms with Crippen LogP contribution in [-0.2, 0) is 0 Å². The van der Waals surface area contributed by atoms with Crippen LogP contribution < -0.4 is 5.32 Å². The second-order valence-corrected chi connectivity index (χ2v) is 5.01. The van der Waals surface area contributed by atoms with Crippen molar-refractivity contribution in [3.05, 3.63) is 22.2 Å². The number of nitrogens with one attached hydrogen (secondary N) is 1. The maximum atomic E-state index is 10.8. The normalized spacial score (nSPS) is 10.3. The summed E-state index contributed by atoms with van der Waals surface area (Å²) in [5.41, 5.74) is 0.0962. The molecule has 0 aliphatic rings. The van der Waals surface area contributed by atoms with Gasteiger partial charge in [0.2, 0.25) is 0 Å². The monoisotopic (exact) mass is 269 g/mol. The molecule has 0 radical (unpaired) electrons. The summed E-state index contributed by atoms with van der Waals surface area (Å²) in [4.78, 5) is 14.8. The van der Waals surface area contributed by atoms with Gasteiger partial charge in [0.1, 0.15) is 10.8 Å². The molecule has 0 bridgehead atoms. The van der Waals surface area contributed by atoms with Gasteiger partial charge >= 0.3 is 0 Å². The van der Waals surface area contributed by atoms with Crippen LogP contribution in [0.1, 0.15) is 33.1 Å². The average molecular weight is 269 g/mol. The number of hydrogen-bond donors (Lipinski definition) is 1. The molecule has 1 aromatic heterocycles. The lowest BCUT2D eigenvalue weighted by Gasteiger charge is -2.05. The molecule has 1 heterocycles. The van der Waals surface area contributed by atoms with Crippen LogP contribution in [0.3, 0.4) is 0 Å². The molecule has 0 aromatic carbocycles. The van der Waals surface area contributed by atoms with E-state index in [1.165, 1.54) is 25.0 Å². The average Bonchev–Trinajstić information content (AvgIpc) is 2.35. The lowest BCUT2D eigenvalue weighted by molar-refractivity contribution is -0.385. The SMILES string of the molecule is CCCCCSc1cc([N+](=O)[O-])cc(NCC)n1. The molecule has 0 aliphatic heterocycles. The maximum Gasteiger partial charge on any atom is 0.275 e. The van der Waals surface area contributed by atoms with Gasteiger partial charge in [0.15, 0.2) is 0 Å². The Hall–Kier alpha value is -1.30. The summed E-state index contributed by atoms with van der Waals surface area (Å²) in [6.07, 6.45) is 3.47. The van der Waals surface area contributed by atoms with Crippen molar-refractivity contribution >= 4 is 23.3 Å². The molecule has 0 amide bonds. The molecule has 0 saturated heterocycles. The molecule has 0 spiro atoms. The van der Waals surface area contributed by atoms with Crippen molar-refractivity contribution in [1.29, 1.82) is 0 Å². The van der Waals surface area contributed by atoms with Crippen LogP contribution in [0.25, 0.3) is 0 Å². The highest BCUT2D eigenvalue weighted by molar-refractivity contribution is 7.99. The molecule has 0 fully saturated rings. The highest BCUT2D eigenvalue weighted by atomic mass is 32.2. The molecule has 0 unspecified atom stereocenters. The van der Waals surface area contributed by atoms with Crippen LogP contribution in [0.15, 0.2) is 17.2 Å². The van der Waals surface area contributed by atoms with Crippen molar-refractivity contribution < 1.29 is 4.92 Å². The largest absolute Gasteiger partial charge is 0.370 e. The first-order valence-corrected chi connectivity index (χ1v) is 7.19. The van der Waals surface area contributed by atoms with Crippen molar-refractivity contribution in [2.45, 2.75) is 38.1 Å². The number of rotatable bonds is 8. The summed E-state index contributed by atoms with van der Waals surface area (Å²) in [5.74, 6) is 1.53. The number of hydrogen-bond acceptors (Lipinski definition) is 5. The Morgan fingerprint density at radius 1 is 1.39 bits per heavy atom. The van der Waals surface area contributed by atoms with Crippen LogP contribution in [0.5, 0.6) is 0 Å². The maximum absolute atomic E-state index is 10.8. The highest BCUT2D eigenvalue weighted by Gasteiger charge is 2.11. The molecule has 5 nitrogen and oxygen atoms in total. The zero-order valence-corrected chi connectivity index (χ0v) is 11.6. The first-order valence-electron chi connectivity index (χ1n) is 6.20. The zero-order valence-electron chi connectivity index (χ0n) is 10.8. The lowest BCUT2D eigenvalue weighted by Crippen LogP contribution is -2.01. The standard InChI is InChI=1S/C12H19N3O2S/c1-3-5-6-7-18-12-9-10(15(16)17)8-11(14-12)13-4-2/h8-9H,3-7H2,1-2H3,(H,13,14). The summed E-state index contributed by atoms with van der Waals surface area (Å²) >= 11 is 1.58. The molecular formula is C12H19N3O2S. The Morgan fingerprint density at radius 2 is 2.17 bits per heavy atom. The van der Waals surface area contributed by atoms with E-state index in [1.54, 1.807) is 11.8 Å². The van der Waals surface area contributed by atoms with Gasteiger partial charge in [0.25, 0.3) is 5.69 Å². The molecular weight excluding hydrogens is 250 g/mol. The quantitative estimate of drug-likeness (QED) is 0.337. The first kappa shape index (κ1) is 14.8. The highest BCUT2D eigenvalue weighted by Crippen LogP contribution is 2.25. The molecule has 18 heavy (non-hydrogen) atoms. The molecule has 0 saturated carbocycles. The molecule has 1 aromatic rings. The van der Waals surface area contributed by atoms with E-state index in [2.05, 4.69) is 17.2 Å². The molecule has 0 atom stereocenters. The van der Waals surface area contributed by atoms with Gasteiger partial charge < -0.3 is 5.32 Å². The van der Waals surface area contributed by atoms with E-state index in [1.807, 2.05) is 6.92 Å². The fourth-order valence-electron chi connectivity index (χ4n) is 1.47. The van der Waals surface area contributed by atoms with Gasteiger partial charge in [-0.05, 0) is 19.1 Å². The summed E-state index contributed by atoms with van der Waals surface area (Å²) in [7, 11) is 0. The fourth-order valence-corrected chi connectivity index (χ4v) is 2.40. The minimum atomic E-state index is -0.376. The van der Waals surface area contributed by atoms with Crippen molar-refractivity contribution in [2.75, 3.05) is 17.6 Å². The van der Waals surface area contributed by atoms with Crippen LogP contribution >= 0.6 is 11.8 Å². The lowest BCUT2D eigenvalue weighted by atomic mass is 10.3.